The molecule has 1 aromatic rings. The standard InChI is InChI=1S/C16H24N4O/c1-12-10-15(19-18-12)17-16(21)14-8-5-9-20(14)11-13-6-3-2-4-7-13/h2-4,6-7,12,14-15,18-19H,5,8-11H2,1H3,(H,17,21). The second-order valence-corrected chi connectivity index (χ2v) is 6.10. The van der Waals surface area contributed by atoms with Crippen molar-refractivity contribution in [1.82, 2.24) is 21.1 Å². The fourth-order valence-electron chi connectivity index (χ4n) is 3.21. The minimum Gasteiger partial charge on any atom is -0.338 e. The highest BCUT2D eigenvalue weighted by Gasteiger charge is 2.32. The molecule has 2 saturated heterocycles. The van der Waals surface area contributed by atoms with Crippen LogP contribution < -0.4 is 16.2 Å². The Balaban J connectivity index is 1.57. The van der Waals surface area contributed by atoms with Gasteiger partial charge in [-0.3, -0.25) is 15.1 Å². The predicted octanol–water partition coefficient (Wildman–Crippen LogP) is 0.980. The van der Waals surface area contributed by atoms with Crippen LogP contribution in [0.3, 0.4) is 0 Å². The van der Waals surface area contributed by atoms with Crippen LogP contribution in [0.1, 0.15) is 31.7 Å². The molecule has 3 rings (SSSR count). The zero-order valence-electron chi connectivity index (χ0n) is 12.5. The van der Waals surface area contributed by atoms with E-state index in [0.717, 1.165) is 32.4 Å². The van der Waals surface area contributed by atoms with Crippen LogP contribution >= 0.6 is 0 Å². The number of hydrogen-bond acceptors (Lipinski definition) is 4. The molecule has 3 atom stereocenters. The highest BCUT2D eigenvalue weighted by molar-refractivity contribution is 5.82. The number of hydrazine groups is 1. The number of nitrogens with zero attached hydrogens (tertiary/aromatic N) is 1. The zero-order valence-corrected chi connectivity index (χ0v) is 12.5. The van der Waals surface area contributed by atoms with Crippen LogP contribution in [-0.4, -0.2) is 35.6 Å². The third-order valence-corrected chi connectivity index (χ3v) is 4.30. The molecule has 3 N–H and O–H groups in total. The van der Waals surface area contributed by atoms with Crippen molar-refractivity contribution in [1.29, 1.82) is 0 Å². The van der Waals surface area contributed by atoms with E-state index in [4.69, 9.17) is 0 Å². The summed E-state index contributed by atoms with van der Waals surface area (Å²) < 4.78 is 0. The van der Waals surface area contributed by atoms with Gasteiger partial charge in [-0.1, -0.05) is 30.3 Å². The molecule has 2 aliphatic rings. The van der Waals surface area contributed by atoms with Gasteiger partial charge in [-0.15, -0.1) is 0 Å². The Morgan fingerprint density at radius 1 is 1.33 bits per heavy atom. The average molecular weight is 288 g/mol. The Kier molecular flexibility index (Phi) is 4.53. The van der Waals surface area contributed by atoms with Gasteiger partial charge in [0.2, 0.25) is 5.91 Å². The molecule has 0 radical (unpaired) electrons. The van der Waals surface area contributed by atoms with Crippen LogP contribution in [0.15, 0.2) is 30.3 Å². The number of rotatable bonds is 4. The third-order valence-electron chi connectivity index (χ3n) is 4.30. The third kappa shape index (κ3) is 3.61. The number of likely N-dealkylation sites (tertiary alicyclic amines) is 1. The van der Waals surface area contributed by atoms with E-state index in [2.05, 4.69) is 52.3 Å². The molecule has 2 heterocycles. The largest absolute Gasteiger partial charge is 0.338 e. The lowest BCUT2D eigenvalue weighted by molar-refractivity contribution is -0.126. The lowest BCUT2D eigenvalue weighted by Crippen LogP contribution is -2.50. The summed E-state index contributed by atoms with van der Waals surface area (Å²) in [6.45, 7) is 3.96. The van der Waals surface area contributed by atoms with Gasteiger partial charge in [0.15, 0.2) is 0 Å². The van der Waals surface area contributed by atoms with E-state index in [9.17, 15) is 4.79 Å². The maximum atomic E-state index is 12.5. The molecule has 0 aromatic heterocycles. The van der Waals surface area contributed by atoms with Gasteiger partial charge in [0.1, 0.15) is 0 Å². The molecule has 3 unspecified atom stereocenters. The van der Waals surface area contributed by atoms with Gasteiger partial charge in [0.05, 0.1) is 12.2 Å². The topological polar surface area (TPSA) is 56.4 Å². The lowest BCUT2D eigenvalue weighted by atomic mass is 10.1. The quantitative estimate of drug-likeness (QED) is 0.773. The van der Waals surface area contributed by atoms with Crippen molar-refractivity contribution < 1.29 is 4.79 Å². The highest BCUT2D eigenvalue weighted by atomic mass is 16.2. The minimum atomic E-state index is 0.00270. The van der Waals surface area contributed by atoms with Crippen molar-refractivity contribution in [2.24, 2.45) is 0 Å². The smallest absolute Gasteiger partial charge is 0.238 e. The summed E-state index contributed by atoms with van der Waals surface area (Å²) in [6.07, 6.45) is 3.02. The van der Waals surface area contributed by atoms with E-state index in [-0.39, 0.29) is 18.1 Å². The SMILES string of the molecule is CC1CC(NC(=O)C2CCCN2Cc2ccccc2)NN1. The molecule has 2 fully saturated rings. The van der Waals surface area contributed by atoms with Crippen molar-refractivity contribution >= 4 is 5.91 Å². The number of hydrogen-bond donors (Lipinski definition) is 3. The summed E-state index contributed by atoms with van der Waals surface area (Å²) in [6, 6.07) is 10.8. The minimum absolute atomic E-state index is 0.00270. The van der Waals surface area contributed by atoms with Gasteiger partial charge in [-0.2, -0.15) is 0 Å². The molecule has 0 spiro atoms. The maximum absolute atomic E-state index is 12.5. The van der Waals surface area contributed by atoms with Crippen molar-refractivity contribution in [3.05, 3.63) is 35.9 Å². The molecular formula is C16H24N4O. The van der Waals surface area contributed by atoms with Crippen LogP contribution in [0.5, 0.6) is 0 Å². The van der Waals surface area contributed by atoms with Gasteiger partial charge in [-0.25, -0.2) is 5.43 Å². The number of carbonyl (C=O) groups is 1. The Morgan fingerprint density at radius 2 is 2.14 bits per heavy atom. The van der Waals surface area contributed by atoms with Crippen molar-refractivity contribution in [2.45, 2.75) is 51.0 Å². The van der Waals surface area contributed by atoms with E-state index in [1.54, 1.807) is 0 Å². The molecule has 2 aliphatic heterocycles. The molecule has 5 heteroatoms. The summed E-state index contributed by atoms with van der Waals surface area (Å²) in [5, 5.41) is 3.11. The molecule has 0 bridgehead atoms. The lowest BCUT2D eigenvalue weighted by Gasteiger charge is -2.25. The summed E-state index contributed by atoms with van der Waals surface area (Å²) >= 11 is 0. The van der Waals surface area contributed by atoms with Crippen LogP contribution in [0.4, 0.5) is 0 Å². The molecule has 0 aliphatic carbocycles. The van der Waals surface area contributed by atoms with Gasteiger partial charge >= 0.3 is 0 Å². The number of amides is 1. The average Bonchev–Trinajstić information content (AvgIpc) is 3.09. The van der Waals surface area contributed by atoms with Crippen LogP contribution in [-0.2, 0) is 11.3 Å². The Labute approximate surface area is 126 Å². The molecule has 5 nitrogen and oxygen atoms in total. The molecule has 114 valence electrons. The Bertz CT molecular complexity index is 478. The summed E-state index contributed by atoms with van der Waals surface area (Å²) in [4.78, 5) is 14.8. The number of carbonyl (C=O) groups excluding carboxylic acids is 1. The summed E-state index contributed by atoms with van der Waals surface area (Å²) in [5.41, 5.74) is 7.53. The molecule has 1 aromatic carbocycles. The van der Waals surface area contributed by atoms with Crippen molar-refractivity contribution in [3.63, 3.8) is 0 Å². The van der Waals surface area contributed by atoms with Crippen LogP contribution in [0.2, 0.25) is 0 Å². The normalized spacial score (nSPS) is 29.7. The first-order valence-electron chi connectivity index (χ1n) is 7.82. The second kappa shape index (κ2) is 6.56. The maximum Gasteiger partial charge on any atom is 0.238 e. The fourth-order valence-corrected chi connectivity index (χ4v) is 3.21. The van der Waals surface area contributed by atoms with Crippen LogP contribution in [0.25, 0.3) is 0 Å². The van der Waals surface area contributed by atoms with Gasteiger partial charge in [0, 0.05) is 12.6 Å². The number of nitrogens with one attached hydrogen (secondary N) is 3. The highest BCUT2D eigenvalue weighted by Crippen LogP contribution is 2.20. The first-order chi connectivity index (χ1) is 10.2. The molecule has 1 amide bonds. The van der Waals surface area contributed by atoms with E-state index < -0.39 is 0 Å². The monoisotopic (exact) mass is 288 g/mol. The number of benzene rings is 1. The Morgan fingerprint density at radius 3 is 2.86 bits per heavy atom. The predicted molar refractivity (Wildman–Crippen MR) is 82.2 cm³/mol. The van der Waals surface area contributed by atoms with E-state index in [0.29, 0.717) is 6.04 Å². The summed E-state index contributed by atoms with van der Waals surface area (Å²) in [7, 11) is 0. The first kappa shape index (κ1) is 14.5. The summed E-state index contributed by atoms with van der Waals surface area (Å²) in [5.74, 6) is 0.150. The van der Waals surface area contributed by atoms with Gasteiger partial charge in [-0.05, 0) is 38.3 Å². The Hall–Kier alpha value is -1.43. The molecular weight excluding hydrogens is 264 g/mol. The van der Waals surface area contributed by atoms with E-state index >= 15 is 0 Å². The van der Waals surface area contributed by atoms with Crippen molar-refractivity contribution in [3.8, 4) is 0 Å². The van der Waals surface area contributed by atoms with Crippen LogP contribution in [0, 0.1) is 0 Å². The van der Waals surface area contributed by atoms with Crippen molar-refractivity contribution in [2.75, 3.05) is 6.54 Å². The van der Waals surface area contributed by atoms with Gasteiger partial charge < -0.3 is 5.32 Å². The molecule has 21 heavy (non-hydrogen) atoms. The first-order valence-corrected chi connectivity index (χ1v) is 7.82. The fraction of sp³-hybridized carbons (Fsp3) is 0.562. The van der Waals surface area contributed by atoms with Gasteiger partial charge in [0.25, 0.3) is 0 Å². The van der Waals surface area contributed by atoms with E-state index in [1.807, 2.05) is 6.07 Å². The van der Waals surface area contributed by atoms with E-state index in [1.165, 1.54) is 5.56 Å². The zero-order chi connectivity index (χ0) is 14.7. The second-order valence-electron chi connectivity index (χ2n) is 6.10. The molecule has 0 saturated carbocycles.